The fourth-order valence-electron chi connectivity index (χ4n) is 1.35. The highest BCUT2D eigenvalue weighted by molar-refractivity contribution is 7.85. The molecule has 16 heavy (non-hydrogen) atoms. The molecule has 2 aromatic rings. The number of imidazole rings is 1. The maximum Gasteiger partial charge on any atom is 0.204 e. The van der Waals surface area contributed by atoms with Gasteiger partial charge >= 0.3 is 0 Å². The minimum absolute atomic E-state index is 0.471. The SMILES string of the molecule is C#Cc1cnc(S(=O)c2ccccc2)n1C. The monoisotopic (exact) mass is 230 g/mol. The minimum Gasteiger partial charge on any atom is -0.313 e. The van der Waals surface area contributed by atoms with Gasteiger partial charge in [-0.15, -0.1) is 6.42 Å². The molecule has 0 N–H and O–H groups in total. The van der Waals surface area contributed by atoms with E-state index in [0.717, 1.165) is 4.90 Å². The van der Waals surface area contributed by atoms with Gasteiger partial charge in [0, 0.05) is 11.9 Å². The van der Waals surface area contributed by atoms with Gasteiger partial charge in [-0.2, -0.15) is 0 Å². The summed E-state index contributed by atoms with van der Waals surface area (Å²) >= 11 is 0. The number of hydrogen-bond acceptors (Lipinski definition) is 2. The summed E-state index contributed by atoms with van der Waals surface area (Å²) in [5, 5.41) is 0.471. The van der Waals surface area contributed by atoms with Crippen LogP contribution in [0.4, 0.5) is 0 Å². The first-order valence-electron chi connectivity index (χ1n) is 4.69. The van der Waals surface area contributed by atoms with E-state index in [-0.39, 0.29) is 0 Å². The molecule has 0 amide bonds. The van der Waals surface area contributed by atoms with Crippen molar-refractivity contribution in [2.45, 2.75) is 10.1 Å². The highest BCUT2D eigenvalue weighted by Crippen LogP contribution is 2.14. The fraction of sp³-hybridized carbons (Fsp3) is 0.0833. The van der Waals surface area contributed by atoms with Crippen molar-refractivity contribution in [2.75, 3.05) is 0 Å². The number of benzene rings is 1. The Morgan fingerprint density at radius 3 is 2.62 bits per heavy atom. The third-order valence-corrected chi connectivity index (χ3v) is 3.63. The van der Waals surface area contributed by atoms with E-state index in [1.165, 1.54) is 0 Å². The maximum absolute atomic E-state index is 12.2. The Morgan fingerprint density at radius 2 is 2.06 bits per heavy atom. The molecular weight excluding hydrogens is 220 g/mol. The number of aromatic nitrogens is 2. The molecule has 1 aromatic carbocycles. The number of rotatable bonds is 2. The average molecular weight is 230 g/mol. The molecule has 1 atom stereocenters. The van der Waals surface area contributed by atoms with E-state index in [2.05, 4.69) is 10.9 Å². The quantitative estimate of drug-likeness (QED) is 0.734. The van der Waals surface area contributed by atoms with Crippen LogP contribution in [0.2, 0.25) is 0 Å². The zero-order chi connectivity index (χ0) is 11.5. The smallest absolute Gasteiger partial charge is 0.204 e. The second-order valence-corrected chi connectivity index (χ2v) is 4.59. The molecule has 1 unspecified atom stereocenters. The Morgan fingerprint density at radius 1 is 1.38 bits per heavy atom. The molecule has 80 valence electrons. The largest absolute Gasteiger partial charge is 0.313 e. The van der Waals surface area contributed by atoms with Gasteiger partial charge in [-0.05, 0) is 12.1 Å². The molecule has 0 saturated heterocycles. The van der Waals surface area contributed by atoms with Gasteiger partial charge in [0.1, 0.15) is 16.5 Å². The van der Waals surface area contributed by atoms with E-state index < -0.39 is 10.8 Å². The Labute approximate surface area is 96.6 Å². The second-order valence-electron chi connectivity index (χ2n) is 3.21. The minimum atomic E-state index is -1.28. The maximum atomic E-state index is 12.2. The van der Waals surface area contributed by atoms with Crippen molar-refractivity contribution in [3.63, 3.8) is 0 Å². The van der Waals surface area contributed by atoms with E-state index in [9.17, 15) is 4.21 Å². The first-order valence-corrected chi connectivity index (χ1v) is 5.84. The summed E-state index contributed by atoms with van der Waals surface area (Å²) in [7, 11) is 0.479. The molecule has 0 bridgehead atoms. The van der Waals surface area contributed by atoms with Crippen molar-refractivity contribution in [1.82, 2.24) is 9.55 Å². The summed E-state index contributed by atoms with van der Waals surface area (Å²) in [4.78, 5) is 4.81. The van der Waals surface area contributed by atoms with Crippen molar-refractivity contribution in [3.8, 4) is 12.3 Å². The normalized spacial score (nSPS) is 12.0. The molecule has 1 heterocycles. The molecule has 0 aliphatic carbocycles. The molecular formula is C12H10N2OS. The molecule has 1 aromatic heterocycles. The molecule has 0 fully saturated rings. The molecule has 0 saturated carbocycles. The van der Waals surface area contributed by atoms with E-state index in [0.29, 0.717) is 10.9 Å². The van der Waals surface area contributed by atoms with Crippen LogP contribution in [-0.2, 0) is 17.8 Å². The Bertz CT molecular complexity index is 566. The molecule has 0 aliphatic heterocycles. The number of terminal acetylenes is 1. The van der Waals surface area contributed by atoms with Crippen LogP contribution in [0.25, 0.3) is 0 Å². The van der Waals surface area contributed by atoms with Gasteiger partial charge in [-0.1, -0.05) is 24.1 Å². The van der Waals surface area contributed by atoms with Crippen LogP contribution in [0.5, 0.6) is 0 Å². The van der Waals surface area contributed by atoms with Crippen LogP contribution in [0.3, 0.4) is 0 Å². The fourth-order valence-corrected chi connectivity index (χ4v) is 2.46. The Kier molecular flexibility index (Phi) is 2.88. The van der Waals surface area contributed by atoms with E-state index >= 15 is 0 Å². The van der Waals surface area contributed by atoms with Gasteiger partial charge < -0.3 is 4.57 Å². The Balaban J connectivity index is 2.43. The van der Waals surface area contributed by atoms with Crippen molar-refractivity contribution in [1.29, 1.82) is 0 Å². The van der Waals surface area contributed by atoms with Crippen LogP contribution >= 0.6 is 0 Å². The predicted octanol–water partition coefficient (Wildman–Crippen LogP) is 1.57. The third kappa shape index (κ3) is 1.77. The topological polar surface area (TPSA) is 34.9 Å². The summed E-state index contributed by atoms with van der Waals surface area (Å²) in [5.41, 5.74) is 0.624. The van der Waals surface area contributed by atoms with Crippen molar-refractivity contribution in [2.24, 2.45) is 7.05 Å². The lowest BCUT2D eigenvalue weighted by molar-refractivity contribution is 0.664. The molecule has 0 spiro atoms. The second kappa shape index (κ2) is 4.33. The summed E-state index contributed by atoms with van der Waals surface area (Å²) < 4.78 is 13.8. The standard InChI is InChI=1S/C12H10N2OS/c1-3-10-9-13-12(14(10)2)16(15)11-7-5-4-6-8-11/h1,4-9H,2H3. The Hall–Kier alpha value is -1.86. The zero-order valence-corrected chi connectivity index (χ0v) is 9.57. The lowest BCUT2D eigenvalue weighted by Gasteiger charge is -2.02. The van der Waals surface area contributed by atoms with Gasteiger partial charge in [-0.25, -0.2) is 9.19 Å². The first kappa shape index (κ1) is 10.7. The summed E-state index contributed by atoms with van der Waals surface area (Å²) in [6, 6.07) is 9.18. The van der Waals surface area contributed by atoms with Crippen molar-refractivity contribution in [3.05, 3.63) is 42.2 Å². The van der Waals surface area contributed by atoms with E-state index in [4.69, 9.17) is 6.42 Å². The number of hydrogen-bond donors (Lipinski definition) is 0. The number of nitrogens with zero attached hydrogens (tertiary/aromatic N) is 2. The van der Waals surface area contributed by atoms with Crippen LogP contribution < -0.4 is 0 Å². The molecule has 0 radical (unpaired) electrons. The van der Waals surface area contributed by atoms with Gasteiger partial charge in [0.15, 0.2) is 0 Å². The van der Waals surface area contributed by atoms with Crippen LogP contribution in [0.1, 0.15) is 5.69 Å². The van der Waals surface area contributed by atoms with Crippen molar-refractivity contribution < 1.29 is 4.21 Å². The van der Waals surface area contributed by atoms with Crippen LogP contribution in [0.15, 0.2) is 46.6 Å². The summed E-state index contributed by atoms with van der Waals surface area (Å²) in [5.74, 6) is 2.49. The average Bonchev–Trinajstić information content (AvgIpc) is 2.70. The van der Waals surface area contributed by atoms with E-state index in [1.54, 1.807) is 29.9 Å². The van der Waals surface area contributed by atoms with Gasteiger partial charge in [0.25, 0.3) is 0 Å². The lowest BCUT2D eigenvalue weighted by Crippen LogP contribution is -2.03. The third-order valence-electron chi connectivity index (χ3n) is 2.22. The first-order chi connectivity index (χ1) is 7.74. The van der Waals surface area contributed by atoms with Gasteiger partial charge in [-0.3, -0.25) is 0 Å². The van der Waals surface area contributed by atoms with Crippen LogP contribution in [-0.4, -0.2) is 13.8 Å². The van der Waals surface area contributed by atoms with E-state index in [1.807, 2.05) is 18.2 Å². The zero-order valence-electron chi connectivity index (χ0n) is 8.75. The predicted molar refractivity (Wildman–Crippen MR) is 62.3 cm³/mol. The molecule has 0 aliphatic rings. The highest BCUT2D eigenvalue weighted by Gasteiger charge is 2.13. The molecule has 2 rings (SSSR count). The lowest BCUT2D eigenvalue weighted by atomic mass is 10.4. The molecule has 3 nitrogen and oxygen atoms in total. The van der Waals surface area contributed by atoms with Gasteiger partial charge in [0.2, 0.25) is 5.16 Å². The highest BCUT2D eigenvalue weighted by atomic mass is 32.2. The summed E-state index contributed by atoms with van der Waals surface area (Å²) in [6.07, 6.45) is 6.84. The van der Waals surface area contributed by atoms with Crippen molar-refractivity contribution >= 4 is 10.8 Å². The summed E-state index contributed by atoms with van der Waals surface area (Å²) in [6.45, 7) is 0. The van der Waals surface area contributed by atoms with Gasteiger partial charge in [0.05, 0.1) is 6.20 Å². The van der Waals surface area contributed by atoms with Crippen LogP contribution in [0, 0.1) is 12.3 Å². The molecule has 4 heteroatoms.